The zero-order chi connectivity index (χ0) is 21.9. The van der Waals surface area contributed by atoms with Crippen molar-refractivity contribution in [3.05, 3.63) is 0 Å². The van der Waals surface area contributed by atoms with Crippen molar-refractivity contribution in [3.63, 3.8) is 0 Å². The van der Waals surface area contributed by atoms with Gasteiger partial charge in [-0.15, -0.1) is 0 Å². The van der Waals surface area contributed by atoms with Crippen LogP contribution in [0, 0.1) is 0 Å². The Balaban J connectivity index is 4.88. The minimum atomic E-state index is -1.47. The molecule has 0 aliphatic rings. The molecule has 2 amide bonds. The lowest BCUT2D eigenvalue weighted by atomic mass is 10.1. The van der Waals surface area contributed by atoms with E-state index in [2.05, 4.69) is 15.6 Å². The molecule has 0 aliphatic heterocycles. The summed E-state index contributed by atoms with van der Waals surface area (Å²) in [6, 6.07) is -3.97. The van der Waals surface area contributed by atoms with Crippen molar-refractivity contribution in [2.45, 2.75) is 56.8 Å². The third-order valence-corrected chi connectivity index (χ3v) is 3.63. The fourth-order valence-electron chi connectivity index (χ4n) is 2.10. The van der Waals surface area contributed by atoms with Crippen LogP contribution in [0.3, 0.4) is 0 Å². The Labute approximate surface area is 161 Å². The highest BCUT2D eigenvalue weighted by molar-refractivity contribution is 5.92. The Morgan fingerprint density at radius 2 is 1.64 bits per heavy atom. The monoisotopic (exact) mass is 404 g/mol. The fraction of sp³-hybridized carbons (Fsp3) is 0.667. The van der Waals surface area contributed by atoms with Crippen LogP contribution in [0.1, 0.15) is 32.6 Å². The molecule has 160 valence electrons. The molecule has 0 spiro atoms. The van der Waals surface area contributed by atoms with E-state index in [4.69, 9.17) is 22.3 Å². The number of carbonyl (C=O) groups excluding carboxylic acids is 2. The van der Waals surface area contributed by atoms with Crippen molar-refractivity contribution in [1.29, 1.82) is 0 Å². The summed E-state index contributed by atoms with van der Waals surface area (Å²) in [6.07, 6.45) is -1.60. The van der Waals surface area contributed by atoms with Crippen LogP contribution >= 0.6 is 0 Å². The zero-order valence-electron chi connectivity index (χ0n) is 15.5. The highest BCUT2D eigenvalue weighted by Gasteiger charge is 2.30. The van der Waals surface area contributed by atoms with Gasteiger partial charge in [-0.2, -0.15) is 0 Å². The smallest absolute Gasteiger partial charge is 0.326 e. The van der Waals surface area contributed by atoms with E-state index in [-0.39, 0.29) is 38.2 Å². The van der Waals surface area contributed by atoms with E-state index in [0.717, 1.165) is 0 Å². The number of nitrogens with one attached hydrogen (secondary N) is 2. The SMILES string of the molecule is CC(O)C(NC(=O)C(N)CCC(=O)O)C(=O)NC(CCCN=C(N)N)C(=O)O. The molecule has 0 rings (SSSR count). The molecule has 0 aromatic heterocycles. The van der Waals surface area contributed by atoms with Crippen LogP contribution in [-0.4, -0.2) is 75.8 Å². The molecular weight excluding hydrogens is 376 g/mol. The number of aliphatic hydroxyl groups is 1. The van der Waals surface area contributed by atoms with Gasteiger partial charge in [0.1, 0.15) is 12.1 Å². The van der Waals surface area contributed by atoms with E-state index in [9.17, 15) is 29.4 Å². The summed E-state index contributed by atoms with van der Waals surface area (Å²) < 4.78 is 0. The number of aliphatic carboxylic acids is 2. The third-order valence-electron chi connectivity index (χ3n) is 3.63. The predicted octanol–water partition coefficient (Wildman–Crippen LogP) is -3.33. The third kappa shape index (κ3) is 10.3. The standard InChI is InChI=1S/C15H28N6O7/c1-7(22)11(21-12(25)8(16)4-5-10(23)24)13(26)20-9(14(27)28)3-2-6-19-15(17)18/h7-9,11,22H,2-6,16H2,1H3,(H,20,26)(H,21,25)(H,23,24)(H,27,28)(H4,17,18,19). The van der Waals surface area contributed by atoms with Gasteiger partial charge in [-0.05, 0) is 26.2 Å². The number of carboxylic acids is 2. The van der Waals surface area contributed by atoms with Crippen molar-refractivity contribution < 1.29 is 34.5 Å². The molecule has 0 fully saturated rings. The molecule has 0 bridgehead atoms. The van der Waals surface area contributed by atoms with Gasteiger partial charge in [0.05, 0.1) is 12.1 Å². The second-order valence-corrected chi connectivity index (χ2v) is 6.11. The molecule has 13 heteroatoms. The molecular formula is C15H28N6O7. The number of hydrogen-bond donors (Lipinski definition) is 8. The highest BCUT2D eigenvalue weighted by Crippen LogP contribution is 2.03. The Bertz CT molecular complexity index is 591. The van der Waals surface area contributed by atoms with Gasteiger partial charge in [-0.3, -0.25) is 19.4 Å². The first kappa shape index (κ1) is 25.1. The molecule has 0 saturated carbocycles. The summed E-state index contributed by atoms with van der Waals surface area (Å²) in [5.74, 6) is -4.37. The maximum Gasteiger partial charge on any atom is 0.326 e. The van der Waals surface area contributed by atoms with E-state index >= 15 is 0 Å². The summed E-state index contributed by atoms with van der Waals surface area (Å²) in [5.41, 5.74) is 15.9. The predicted molar refractivity (Wildman–Crippen MR) is 97.9 cm³/mol. The van der Waals surface area contributed by atoms with Crippen LogP contribution in [0.5, 0.6) is 0 Å². The van der Waals surface area contributed by atoms with Gasteiger partial charge >= 0.3 is 11.9 Å². The number of nitrogens with two attached hydrogens (primary N) is 3. The lowest BCUT2D eigenvalue weighted by Gasteiger charge is -2.24. The zero-order valence-corrected chi connectivity index (χ0v) is 15.5. The lowest BCUT2D eigenvalue weighted by molar-refractivity contribution is -0.143. The number of hydrogen-bond acceptors (Lipinski definition) is 7. The van der Waals surface area contributed by atoms with Crippen molar-refractivity contribution in [1.82, 2.24) is 10.6 Å². The number of amides is 2. The van der Waals surface area contributed by atoms with Gasteiger partial charge in [0.25, 0.3) is 0 Å². The fourth-order valence-corrected chi connectivity index (χ4v) is 2.10. The minimum absolute atomic E-state index is 0.0104. The molecule has 0 aromatic rings. The normalized spacial score (nSPS) is 14.8. The van der Waals surface area contributed by atoms with Crippen molar-refractivity contribution in [2.24, 2.45) is 22.2 Å². The largest absolute Gasteiger partial charge is 0.481 e. The van der Waals surface area contributed by atoms with E-state index in [1.54, 1.807) is 0 Å². The molecule has 0 saturated heterocycles. The van der Waals surface area contributed by atoms with E-state index in [1.807, 2.05) is 0 Å². The number of guanidine groups is 1. The van der Waals surface area contributed by atoms with Crippen LogP contribution in [0.4, 0.5) is 0 Å². The van der Waals surface area contributed by atoms with Gasteiger partial charge in [0, 0.05) is 13.0 Å². The second kappa shape index (κ2) is 12.5. The van der Waals surface area contributed by atoms with Gasteiger partial charge in [-0.1, -0.05) is 0 Å². The van der Waals surface area contributed by atoms with Gasteiger partial charge in [0.2, 0.25) is 11.8 Å². The first-order valence-electron chi connectivity index (χ1n) is 8.50. The highest BCUT2D eigenvalue weighted by atomic mass is 16.4. The van der Waals surface area contributed by atoms with Crippen LogP contribution in [0.15, 0.2) is 4.99 Å². The van der Waals surface area contributed by atoms with Gasteiger partial charge in [-0.25, -0.2) is 4.79 Å². The Morgan fingerprint density at radius 3 is 2.11 bits per heavy atom. The number of carboxylic acid groups (broad SMARTS) is 2. The summed E-state index contributed by atoms with van der Waals surface area (Å²) in [4.78, 5) is 49.8. The average Bonchev–Trinajstić information content (AvgIpc) is 2.58. The topological polar surface area (TPSA) is 243 Å². The average molecular weight is 404 g/mol. The van der Waals surface area contributed by atoms with Crippen LogP contribution < -0.4 is 27.8 Å². The van der Waals surface area contributed by atoms with Crippen LogP contribution in [-0.2, 0) is 19.2 Å². The maximum atomic E-state index is 12.3. The summed E-state index contributed by atoms with van der Waals surface area (Å²) in [5, 5.41) is 32.0. The van der Waals surface area contributed by atoms with Gasteiger partial charge in [0.15, 0.2) is 5.96 Å². The van der Waals surface area contributed by atoms with E-state index in [1.165, 1.54) is 6.92 Å². The molecule has 4 atom stereocenters. The summed E-state index contributed by atoms with van der Waals surface area (Å²) in [6.45, 7) is 1.39. The molecule has 0 aliphatic carbocycles. The first-order chi connectivity index (χ1) is 13.0. The first-order valence-corrected chi connectivity index (χ1v) is 8.50. The van der Waals surface area contributed by atoms with Crippen molar-refractivity contribution in [3.8, 4) is 0 Å². The quantitative estimate of drug-likeness (QED) is 0.0861. The van der Waals surface area contributed by atoms with E-state index < -0.39 is 48.0 Å². The van der Waals surface area contributed by atoms with E-state index in [0.29, 0.717) is 0 Å². The molecule has 28 heavy (non-hydrogen) atoms. The number of nitrogens with zero attached hydrogens (tertiary/aromatic N) is 1. The number of aliphatic imine (C=N–C) groups is 1. The Morgan fingerprint density at radius 1 is 1.04 bits per heavy atom. The molecule has 4 unspecified atom stereocenters. The molecule has 0 radical (unpaired) electrons. The number of rotatable bonds is 13. The second-order valence-electron chi connectivity index (χ2n) is 6.11. The Kier molecular flexibility index (Phi) is 11.2. The van der Waals surface area contributed by atoms with Crippen LogP contribution in [0.25, 0.3) is 0 Å². The van der Waals surface area contributed by atoms with Gasteiger partial charge < -0.3 is 43.2 Å². The maximum absolute atomic E-state index is 12.3. The van der Waals surface area contributed by atoms with Crippen molar-refractivity contribution in [2.75, 3.05) is 6.54 Å². The summed E-state index contributed by atoms with van der Waals surface area (Å²) >= 11 is 0. The summed E-state index contributed by atoms with van der Waals surface area (Å²) in [7, 11) is 0. The van der Waals surface area contributed by atoms with Crippen LogP contribution in [0.2, 0.25) is 0 Å². The molecule has 0 aromatic carbocycles. The number of aliphatic hydroxyl groups excluding tert-OH is 1. The lowest BCUT2D eigenvalue weighted by Crippen LogP contribution is -2.58. The molecule has 13 nitrogen and oxygen atoms in total. The molecule has 0 heterocycles. The Hall–Kier alpha value is -2.93. The van der Waals surface area contributed by atoms with Crippen molar-refractivity contribution >= 4 is 29.7 Å². The molecule has 11 N–H and O–H groups in total. The number of carbonyl (C=O) groups is 4. The minimum Gasteiger partial charge on any atom is -0.481 e.